The van der Waals surface area contributed by atoms with Gasteiger partial charge >= 0.3 is 0 Å². The number of rotatable bonds is 3. The van der Waals surface area contributed by atoms with Crippen molar-refractivity contribution in [3.05, 3.63) is 34.9 Å². The molecular formula is C20H24N6O2. The Morgan fingerprint density at radius 1 is 1.21 bits per heavy atom. The number of hydrogen-bond donors (Lipinski definition) is 3. The molecule has 1 aromatic carbocycles. The van der Waals surface area contributed by atoms with E-state index in [1.54, 1.807) is 0 Å². The van der Waals surface area contributed by atoms with Gasteiger partial charge in [-0.15, -0.1) is 0 Å². The minimum atomic E-state index is -0.724. The molecule has 3 heterocycles. The lowest BCUT2D eigenvalue weighted by molar-refractivity contribution is -0.123. The molecule has 0 bridgehead atoms. The molecule has 0 unspecified atom stereocenters. The number of aryl methyl sites for hydroxylation is 2. The Bertz CT molecular complexity index is 952. The molecule has 2 aliphatic heterocycles. The molecule has 1 saturated heterocycles. The number of nitrogens with two attached hydrogens (primary N) is 1. The molecule has 2 aliphatic rings. The van der Waals surface area contributed by atoms with Crippen molar-refractivity contribution in [2.45, 2.75) is 39.0 Å². The highest BCUT2D eigenvalue weighted by Crippen LogP contribution is 2.37. The van der Waals surface area contributed by atoms with E-state index in [2.05, 4.69) is 20.6 Å². The Hall–Kier alpha value is -3.16. The van der Waals surface area contributed by atoms with Gasteiger partial charge in [-0.2, -0.15) is 9.97 Å². The largest absolute Gasteiger partial charge is 0.383 e. The van der Waals surface area contributed by atoms with Crippen molar-refractivity contribution in [1.82, 2.24) is 9.97 Å². The smallest absolute Gasteiger partial charge is 0.232 e. The van der Waals surface area contributed by atoms with Gasteiger partial charge in [0.2, 0.25) is 17.8 Å². The second-order valence-corrected chi connectivity index (χ2v) is 7.46. The average molecular weight is 380 g/mol. The third-order valence-electron chi connectivity index (χ3n) is 5.44. The highest BCUT2D eigenvalue weighted by Gasteiger charge is 2.35. The molecule has 1 aromatic heterocycles. The van der Waals surface area contributed by atoms with Crippen LogP contribution in [0.2, 0.25) is 0 Å². The fraction of sp³-hybridized carbons (Fsp3) is 0.400. The SMILES string of the molecule is Cc1ccc(NC(=O)[C@H]2CC(=O)Nc3nc(N4CCCC4)nc(N)c32)cc1C. The van der Waals surface area contributed by atoms with E-state index in [-0.39, 0.29) is 24.1 Å². The molecule has 4 N–H and O–H groups in total. The zero-order valence-corrected chi connectivity index (χ0v) is 16.1. The summed E-state index contributed by atoms with van der Waals surface area (Å²) in [4.78, 5) is 36.1. The number of carbonyl (C=O) groups is 2. The predicted octanol–water partition coefficient (Wildman–Crippen LogP) is 2.34. The second-order valence-electron chi connectivity index (χ2n) is 7.46. The molecule has 0 radical (unpaired) electrons. The molecule has 0 spiro atoms. The molecule has 1 fully saturated rings. The first-order valence-corrected chi connectivity index (χ1v) is 9.52. The minimum Gasteiger partial charge on any atom is -0.383 e. The molecule has 2 aromatic rings. The van der Waals surface area contributed by atoms with E-state index in [1.807, 2.05) is 36.9 Å². The first-order valence-electron chi connectivity index (χ1n) is 9.52. The molecule has 28 heavy (non-hydrogen) atoms. The summed E-state index contributed by atoms with van der Waals surface area (Å²) in [5.74, 6) is -0.179. The van der Waals surface area contributed by atoms with Crippen LogP contribution in [-0.4, -0.2) is 34.9 Å². The van der Waals surface area contributed by atoms with Crippen LogP contribution in [0.15, 0.2) is 18.2 Å². The number of hydrogen-bond acceptors (Lipinski definition) is 6. The fourth-order valence-corrected chi connectivity index (χ4v) is 3.71. The normalized spacial score (nSPS) is 18.6. The van der Waals surface area contributed by atoms with Crippen LogP contribution in [0, 0.1) is 13.8 Å². The average Bonchev–Trinajstić information content (AvgIpc) is 3.18. The molecule has 8 heteroatoms. The van der Waals surface area contributed by atoms with E-state index in [1.165, 1.54) is 0 Å². The number of fused-ring (bicyclic) bond motifs is 1. The highest BCUT2D eigenvalue weighted by atomic mass is 16.2. The van der Waals surface area contributed by atoms with Crippen LogP contribution in [0.1, 0.15) is 41.9 Å². The Kier molecular flexibility index (Phi) is 4.62. The zero-order chi connectivity index (χ0) is 19.8. The Balaban J connectivity index is 1.64. The molecule has 8 nitrogen and oxygen atoms in total. The van der Waals surface area contributed by atoms with Crippen molar-refractivity contribution in [3.8, 4) is 0 Å². The molecule has 4 rings (SSSR count). The first-order chi connectivity index (χ1) is 13.4. The van der Waals surface area contributed by atoms with Gasteiger partial charge in [-0.05, 0) is 49.9 Å². The van der Waals surface area contributed by atoms with E-state index < -0.39 is 5.92 Å². The number of nitrogen functional groups attached to an aromatic ring is 1. The number of amides is 2. The van der Waals surface area contributed by atoms with E-state index in [9.17, 15) is 9.59 Å². The second kappa shape index (κ2) is 7.10. The third kappa shape index (κ3) is 3.37. The van der Waals surface area contributed by atoms with Gasteiger partial charge in [-0.1, -0.05) is 6.07 Å². The number of nitrogens with one attached hydrogen (secondary N) is 2. The van der Waals surface area contributed by atoms with Crippen LogP contribution < -0.4 is 21.3 Å². The van der Waals surface area contributed by atoms with Crippen molar-refractivity contribution in [2.75, 3.05) is 34.4 Å². The zero-order valence-electron chi connectivity index (χ0n) is 16.1. The maximum atomic E-state index is 13.0. The van der Waals surface area contributed by atoms with Gasteiger partial charge < -0.3 is 21.3 Å². The lowest BCUT2D eigenvalue weighted by Crippen LogP contribution is -2.33. The van der Waals surface area contributed by atoms with Crippen LogP contribution >= 0.6 is 0 Å². The van der Waals surface area contributed by atoms with E-state index >= 15 is 0 Å². The quantitative estimate of drug-likeness (QED) is 0.753. The van der Waals surface area contributed by atoms with Gasteiger partial charge in [0.15, 0.2) is 0 Å². The maximum absolute atomic E-state index is 13.0. The van der Waals surface area contributed by atoms with Gasteiger partial charge in [-0.25, -0.2) is 0 Å². The van der Waals surface area contributed by atoms with Gasteiger partial charge in [0.1, 0.15) is 11.6 Å². The lowest BCUT2D eigenvalue weighted by atomic mass is 9.91. The number of anilines is 4. The Morgan fingerprint density at radius 2 is 1.96 bits per heavy atom. The Labute approximate surface area is 163 Å². The van der Waals surface area contributed by atoms with Crippen LogP contribution in [0.3, 0.4) is 0 Å². The van der Waals surface area contributed by atoms with Gasteiger partial charge in [-0.3, -0.25) is 9.59 Å². The van der Waals surface area contributed by atoms with Crippen LogP contribution in [0.4, 0.5) is 23.3 Å². The van der Waals surface area contributed by atoms with E-state index in [0.717, 1.165) is 37.1 Å². The first kappa shape index (κ1) is 18.2. The van der Waals surface area contributed by atoms with Gasteiger partial charge in [0, 0.05) is 25.2 Å². The van der Waals surface area contributed by atoms with Crippen LogP contribution in [0.25, 0.3) is 0 Å². The maximum Gasteiger partial charge on any atom is 0.232 e. The fourth-order valence-electron chi connectivity index (χ4n) is 3.71. The lowest BCUT2D eigenvalue weighted by Gasteiger charge is -2.26. The molecule has 0 saturated carbocycles. The summed E-state index contributed by atoms with van der Waals surface area (Å²) < 4.78 is 0. The topological polar surface area (TPSA) is 113 Å². The summed E-state index contributed by atoms with van der Waals surface area (Å²) in [6, 6.07) is 5.71. The van der Waals surface area contributed by atoms with Gasteiger partial charge in [0.25, 0.3) is 0 Å². The molecule has 1 atom stereocenters. The van der Waals surface area contributed by atoms with E-state index in [4.69, 9.17) is 5.73 Å². The van der Waals surface area contributed by atoms with Crippen molar-refractivity contribution in [1.29, 1.82) is 0 Å². The molecule has 2 amide bonds. The summed E-state index contributed by atoms with van der Waals surface area (Å²) in [6.07, 6.45) is 2.17. The number of aromatic nitrogens is 2. The van der Waals surface area contributed by atoms with Crippen LogP contribution in [0.5, 0.6) is 0 Å². The predicted molar refractivity (Wildman–Crippen MR) is 108 cm³/mol. The molecule has 0 aliphatic carbocycles. The summed E-state index contributed by atoms with van der Waals surface area (Å²) in [7, 11) is 0. The summed E-state index contributed by atoms with van der Waals surface area (Å²) >= 11 is 0. The van der Waals surface area contributed by atoms with Crippen LogP contribution in [-0.2, 0) is 9.59 Å². The van der Waals surface area contributed by atoms with Crippen molar-refractivity contribution in [3.63, 3.8) is 0 Å². The number of carbonyl (C=O) groups excluding carboxylic acids is 2. The summed E-state index contributed by atoms with van der Waals surface area (Å²) in [5.41, 5.74) is 9.62. The number of nitrogens with zero attached hydrogens (tertiary/aromatic N) is 3. The van der Waals surface area contributed by atoms with E-state index in [0.29, 0.717) is 23.0 Å². The standard InChI is InChI=1S/C20H24N6O2/c1-11-5-6-13(9-12(11)2)22-19(28)14-10-15(27)23-18-16(14)17(21)24-20(25-18)26-7-3-4-8-26/h5-6,9,14H,3-4,7-8,10H2,1-2H3,(H,22,28)(H3,21,23,24,25,27)/t14-/m0/s1. The summed E-state index contributed by atoms with van der Waals surface area (Å²) in [6.45, 7) is 5.73. The van der Waals surface area contributed by atoms with Crippen molar-refractivity contribution >= 4 is 35.1 Å². The highest BCUT2D eigenvalue weighted by molar-refractivity contribution is 6.05. The monoisotopic (exact) mass is 380 g/mol. The van der Waals surface area contributed by atoms with Crippen molar-refractivity contribution in [2.24, 2.45) is 0 Å². The molecular weight excluding hydrogens is 356 g/mol. The minimum absolute atomic E-state index is 0.0142. The Morgan fingerprint density at radius 3 is 2.68 bits per heavy atom. The molecule has 146 valence electrons. The van der Waals surface area contributed by atoms with Gasteiger partial charge in [0.05, 0.1) is 11.5 Å². The van der Waals surface area contributed by atoms with Crippen molar-refractivity contribution < 1.29 is 9.59 Å². The third-order valence-corrected chi connectivity index (χ3v) is 5.44. The number of benzene rings is 1. The summed E-state index contributed by atoms with van der Waals surface area (Å²) in [5, 5.41) is 5.65.